The smallest absolute Gasteiger partial charge is 0.306 e. The van der Waals surface area contributed by atoms with Crippen molar-refractivity contribution in [3.63, 3.8) is 0 Å². The van der Waals surface area contributed by atoms with Crippen molar-refractivity contribution in [1.82, 2.24) is 0 Å². The standard InChI is InChI=1S/C5H7F2.K/c1-4-2-5(6,7)3-4;/h2-3H2,1H3;/q-1;+1. The molecule has 1 aliphatic rings. The van der Waals surface area contributed by atoms with E-state index in [2.05, 4.69) is 0 Å². The van der Waals surface area contributed by atoms with Crippen LogP contribution in [0, 0.1) is 5.92 Å². The Morgan fingerprint density at radius 1 is 1.38 bits per heavy atom. The van der Waals surface area contributed by atoms with Gasteiger partial charge in [0.15, 0.2) is 5.92 Å². The molecule has 0 aliphatic heterocycles. The maximum atomic E-state index is 11.8. The molecule has 1 aliphatic carbocycles. The first-order valence-electron chi connectivity index (χ1n) is 2.29. The van der Waals surface area contributed by atoms with E-state index in [4.69, 9.17) is 0 Å². The van der Waals surface area contributed by atoms with Crippen molar-refractivity contribution in [2.24, 2.45) is 0 Å². The molecule has 0 heterocycles. The number of halogens is 2. The molecule has 0 unspecified atom stereocenters. The number of rotatable bonds is 0. The Balaban J connectivity index is 0.000000490. The number of hydrogen-bond acceptors (Lipinski definition) is 0. The number of hydrogen-bond donors (Lipinski definition) is 0. The quantitative estimate of drug-likeness (QED) is 0.303. The van der Waals surface area contributed by atoms with Gasteiger partial charge in [-0.2, -0.15) is 6.92 Å². The van der Waals surface area contributed by atoms with Crippen LogP contribution in [0.25, 0.3) is 0 Å². The normalized spacial score (nSPS) is 25.9. The third kappa shape index (κ3) is 2.39. The van der Waals surface area contributed by atoms with Gasteiger partial charge in [-0.15, -0.1) is 12.8 Å². The van der Waals surface area contributed by atoms with Crippen LogP contribution in [0.5, 0.6) is 0 Å². The summed E-state index contributed by atoms with van der Waals surface area (Å²) in [6, 6.07) is 0. The van der Waals surface area contributed by atoms with Gasteiger partial charge in [-0.05, 0) is 0 Å². The van der Waals surface area contributed by atoms with Gasteiger partial charge in [0.1, 0.15) is 0 Å². The fourth-order valence-corrected chi connectivity index (χ4v) is 0.831. The molecule has 0 aromatic heterocycles. The Kier molecular flexibility index (Phi) is 3.63. The summed E-state index contributed by atoms with van der Waals surface area (Å²) in [5.74, 6) is -1.42. The molecule has 1 fully saturated rings. The van der Waals surface area contributed by atoms with E-state index in [1.165, 1.54) is 0 Å². The van der Waals surface area contributed by atoms with Crippen LogP contribution in [0.15, 0.2) is 0 Å². The van der Waals surface area contributed by atoms with Gasteiger partial charge in [-0.25, -0.2) is 8.78 Å². The van der Waals surface area contributed by atoms with E-state index in [0.29, 0.717) is 0 Å². The second-order valence-corrected chi connectivity index (χ2v) is 2.17. The van der Waals surface area contributed by atoms with E-state index in [1.54, 1.807) is 6.92 Å². The van der Waals surface area contributed by atoms with E-state index < -0.39 is 5.92 Å². The van der Waals surface area contributed by atoms with Crippen LogP contribution in [0.2, 0.25) is 0 Å². The molecule has 0 aromatic rings. The van der Waals surface area contributed by atoms with E-state index in [9.17, 15) is 8.78 Å². The zero-order valence-corrected chi connectivity index (χ0v) is 8.29. The number of alkyl halides is 2. The molecule has 0 bridgehead atoms. The van der Waals surface area contributed by atoms with Crippen molar-refractivity contribution < 1.29 is 60.2 Å². The van der Waals surface area contributed by atoms with Crippen molar-refractivity contribution in [3.8, 4) is 0 Å². The Morgan fingerprint density at radius 2 is 1.75 bits per heavy atom. The summed E-state index contributed by atoms with van der Waals surface area (Å²) < 4.78 is 23.5. The molecule has 0 radical (unpaired) electrons. The molecule has 1 rings (SSSR count). The molecular formula is C5H7F2K. The Hall–Kier alpha value is 1.50. The van der Waals surface area contributed by atoms with Crippen LogP contribution in [0.4, 0.5) is 8.78 Å². The average Bonchev–Trinajstić information content (AvgIpc) is 1.27. The second-order valence-electron chi connectivity index (χ2n) is 2.17. The first-order valence-corrected chi connectivity index (χ1v) is 2.29. The van der Waals surface area contributed by atoms with Gasteiger partial charge in [0, 0.05) is 0 Å². The molecule has 1 saturated carbocycles. The first-order chi connectivity index (χ1) is 3.10. The van der Waals surface area contributed by atoms with Crippen LogP contribution >= 0.6 is 0 Å². The monoisotopic (exact) mass is 144 g/mol. The minimum Gasteiger partial charge on any atom is -0.306 e. The van der Waals surface area contributed by atoms with Gasteiger partial charge < -0.3 is 5.92 Å². The molecule has 42 valence electrons. The molecule has 8 heavy (non-hydrogen) atoms. The largest absolute Gasteiger partial charge is 1.00 e. The Labute approximate surface area is 90.4 Å². The second kappa shape index (κ2) is 3.06. The SMILES string of the molecule is C[C-]1CC(F)(F)C1.[K+]. The fourth-order valence-electron chi connectivity index (χ4n) is 0.831. The molecule has 0 aromatic carbocycles. The predicted octanol–water partition coefficient (Wildman–Crippen LogP) is -0.986. The summed E-state index contributed by atoms with van der Waals surface area (Å²) in [6.07, 6.45) is 0.0417. The zero-order chi connectivity index (χ0) is 5.49. The van der Waals surface area contributed by atoms with Gasteiger partial charge in [0.25, 0.3) is 0 Å². The van der Waals surface area contributed by atoms with E-state index >= 15 is 0 Å². The van der Waals surface area contributed by atoms with Gasteiger partial charge in [0.05, 0.1) is 0 Å². The molecule has 0 N–H and O–H groups in total. The van der Waals surface area contributed by atoms with Crippen molar-refractivity contribution in [3.05, 3.63) is 5.92 Å². The fraction of sp³-hybridized carbons (Fsp3) is 0.800. The molecule has 0 atom stereocenters. The maximum Gasteiger partial charge on any atom is 1.00 e. The molecular weight excluding hydrogens is 137 g/mol. The van der Waals surface area contributed by atoms with Crippen molar-refractivity contribution >= 4 is 0 Å². The van der Waals surface area contributed by atoms with Crippen LogP contribution in [0.3, 0.4) is 0 Å². The molecule has 0 spiro atoms. The van der Waals surface area contributed by atoms with Crippen LogP contribution < -0.4 is 51.4 Å². The maximum absolute atomic E-state index is 11.8. The van der Waals surface area contributed by atoms with Crippen molar-refractivity contribution in [2.75, 3.05) is 0 Å². The van der Waals surface area contributed by atoms with E-state index in [-0.39, 0.29) is 64.2 Å². The van der Waals surface area contributed by atoms with Crippen molar-refractivity contribution in [1.29, 1.82) is 0 Å². The van der Waals surface area contributed by atoms with Gasteiger partial charge in [-0.3, -0.25) is 0 Å². The molecule has 3 heteroatoms. The molecule has 0 amide bonds. The van der Waals surface area contributed by atoms with Crippen LogP contribution in [-0.2, 0) is 0 Å². The molecule has 0 saturated heterocycles. The minimum absolute atomic E-state index is 0. The average molecular weight is 144 g/mol. The third-order valence-electron chi connectivity index (χ3n) is 1.12. The van der Waals surface area contributed by atoms with E-state index in [0.717, 1.165) is 5.92 Å². The third-order valence-corrected chi connectivity index (χ3v) is 1.12. The van der Waals surface area contributed by atoms with Gasteiger partial charge in [-0.1, -0.05) is 0 Å². The summed E-state index contributed by atoms with van der Waals surface area (Å²) in [5, 5.41) is 0. The topological polar surface area (TPSA) is 0 Å². The van der Waals surface area contributed by atoms with Gasteiger partial charge in [0.2, 0.25) is 0 Å². The minimum atomic E-state index is -2.34. The summed E-state index contributed by atoms with van der Waals surface area (Å²) in [6.45, 7) is 1.76. The van der Waals surface area contributed by atoms with Gasteiger partial charge >= 0.3 is 51.4 Å². The summed E-state index contributed by atoms with van der Waals surface area (Å²) in [7, 11) is 0. The zero-order valence-electron chi connectivity index (χ0n) is 5.17. The van der Waals surface area contributed by atoms with Crippen LogP contribution in [-0.4, -0.2) is 5.92 Å². The summed E-state index contributed by atoms with van der Waals surface area (Å²) in [4.78, 5) is 0. The Bertz CT molecular complexity index is 74.5. The Morgan fingerprint density at radius 3 is 1.75 bits per heavy atom. The predicted molar refractivity (Wildman–Crippen MR) is 23.1 cm³/mol. The van der Waals surface area contributed by atoms with Crippen molar-refractivity contribution in [2.45, 2.75) is 25.7 Å². The van der Waals surface area contributed by atoms with E-state index in [1.807, 2.05) is 0 Å². The first kappa shape index (κ1) is 9.50. The summed E-state index contributed by atoms with van der Waals surface area (Å²) >= 11 is 0. The molecule has 0 nitrogen and oxygen atoms in total. The summed E-state index contributed by atoms with van der Waals surface area (Å²) in [5.41, 5.74) is 0. The van der Waals surface area contributed by atoms with Crippen LogP contribution in [0.1, 0.15) is 19.8 Å².